The van der Waals surface area contributed by atoms with Crippen molar-refractivity contribution in [2.45, 2.75) is 31.3 Å². The molecule has 1 atom stereocenters. The van der Waals surface area contributed by atoms with E-state index in [2.05, 4.69) is 9.88 Å². The Morgan fingerprint density at radius 3 is 2.96 bits per heavy atom. The molecule has 126 valence electrons. The smallest absolute Gasteiger partial charge is 0.136 e. The van der Waals surface area contributed by atoms with Crippen LogP contribution in [0.1, 0.15) is 30.5 Å². The number of halogens is 1. The summed E-state index contributed by atoms with van der Waals surface area (Å²) in [6.45, 7) is 5.98. The fourth-order valence-electron chi connectivity index (χ4n) is 3.82. The van der Waals surface area contributed by atoms with Crippen LogP contribution in [0.15, 0.2) is 6.07 Å². The summed E-state index contributed by atoms with van der Waals surface area (Å²) in [7, 11) is 0. The van der Waals surface area contributed by atoms with Crippen molar-refractivity contribution < 1.29 is 14.2 Å². The first-order valence-electron chi connectivity index (χ1n) is 8.54. The van der Waals surface area contributed by atoms with Gasteiger partial charge in [-0.3, -0.25) is 4.90 Å². The normalized spacial score (nSPS) is 27.5. The predicted molar refractivity (Wildman–Crippen MR) is 87.2 cm³/mol. The molecule has 0 saturated carbocycles. The molecule has 0 N–H and O–H groups in total. The zero-order valence-corrected chi connectivity index (χ0v) is 14.1. The number of ether oxygens (including phenoxy) is 3. The van der Waals surface area contributed by atoms with Gasteiger partial charge in [0.05, 0.1) is 18.9 Å². The maximum atomic E-state index is 6.25. The van der Waals surface area contributed by atoms with Gasteiger partial charge in [-0.25, -0.2) is 4.98 Å². The number of nitrogens with zero attached hydrogens (tertiary/aromatic N) is 2. The first-order chi connectivity index (χ1) is 11.3. The molecule has 1 aromatic rings. The number of pyridine rings is 1. The maximum absolute atomic E-state index is 6.25. The van der Waals surface area contributed by atoms with Crippen molar-refractivity contribution in [2.24, 2.45) is 0 Å². The summed E-state index contributed by atoms with van der Waals surface area (Å²) in [5.41, 5.74) is 1.64. The zero-order valence-electron chi connectivity index (χ0n) is 13.4. The second-order valence-corrected chi connectivity index (χ2v) is 6.95. The van der Waals surface area contributed by atoms with Gasteiger partial charge in [-0.05, 0) is 25.9 Å². The molecule has 2 saturated heterocycles. The second-order valence-electron chi connectivity index (χ2n) is 6.56. The zero-order chi connectivity index (χ0) is 15.7. The molecule has 0 bridgehead atoms. The molecule has 23 heavy (non-hydrogen) atoms. The van der Waals surface area contributed by atoms with Crippen LogP contribution in [0.2, 0.25) is 5.15 Å². The highest BCUT2D eigenvalue weighted by molar-refractivity contribution is 6.29. The Bertz CT molecular complexity index is 569. The van der Waals surface area contributed by atoms with E-state index in [1.807, 2.05) is 6.07 Å². The van der Waals surface area contributed by atoms with Crippen molar-refractivity contribution in [3.63, 3.8) is 0 Å². The summed E-state index contributed by atoms with van der Waals surface area (Å²) in [5.74, 6) is 0.869. The third kappa shape index (κ3) is 3.07. The van der Waals surface area contributed by atoms with E-state index in [0.29, 0.717) is 31.6 Å². The van der Waals surface area contributed by atoms with Gasteiger partial charge in [0.2, 0.25) is 0 Å². The molecule has 3 aliphatic rings. The van der Waals surface area contributed by atoms with Gasteiger partial charge < -0.3 is 14.2 Å². The Hall–Kier alpha value is -0.880. The minimum Gasteiger partial charge on any atom is -0.492 e. The van der Waals surface area contributed by atoms with Crippen molar-refractivity contribution in [3.05, 3.63) is 22.5 Å². The lowest BCUT2D eigenvalue weighted by molar-refractivity contribution is -0.0670. The van der Waals surface area contributed by atoms with Crippen molar-refractivity contribution in [2.75, 3.05) is 46.1 Å². The second kappa shape index (κ2) is 6.55. The van der Waals surface area contributed by atoms with Crippen molar-refractivity contribution in [3.8, 4) is 5.75 Å². The highest BCUT2D eigenvalue weighted by Crippen LogP contribution is 2.42. The number of fused-ring (bicyclic) bond motifs is 2. The van der Waals surface area contributed by atoms with Gasteiger partial charge in [0, 0.05) is 37.6 Å². The SMILES string of the molecule is Clc1cc(OCCN2CCCC2)c2c(n1)[C@@]1(CCOC1)OCC2. The number of hydrogen-bond donors (Lipinski definition) is 0. The monoisotopic (exact) mass is 338 g/mol. The molecule has 5 nitrogen and oxygen atoms in total. The minimum atomic E-state index is -0.425. The Kier molecular flexibility index (Phi) is 4.46. The topological polar surface area (TPSA) is 43.8 Å². The van der Waals surface area contributed by atoms with E-state index in [0.717, 1.165) is 36.4 Å². The summed E-state index contributed by atoms with van der Waals surface area (Å²) in [6.07, 6.45) is 4.26. The maximum Gasteiger partial charge on any atom is 0.136 e. The Morgan fingerprint density at radius 2 is 2.17 bits per heavy atom. The van der Waals surface area contributed by atoms with Gasteiger partial charge in [-0.1, -0.05) is 11.6 Å². The van der Waals surface area contributed by atoms with E-state index in [1.165, 1.54) is 25.9 Å². The van der Waals surface area contributed by atoms with Gasteiger partial charge in [-0.15, -0.1) is 0 Å². The Balaban J connectivity index is 1.54. The largest absolute Gasteiger partial charge is 0.492 e. The molecule has 4 heterocycles. The lowest BCUT2D eigenvalue weighted by Gasteiger charge is -2.34. The fraction of sp³-hybridized carbons (Fsp3) is 0.706. The van der Waals surface area contributed by atoms with Crippen LogP contribution in [0.3, 0.4) is 0 Å². The lowest BCUT2D eigenvalue weighted by atomic mass is 9.90. The Labute approximate surface area is 141 Å². The molecular weight excluding hydrogens is 316 g/mol. The highest BCUT2D eigenvalue weighted by atomic mass is 35.5. The molecular formula is C17H23ClN2O3. The van der Waals surface area contributed by atoms with Gasteiger partial charge in [0.25, 0.3) is 0 Å². The average molecular weight is 339 g/mol. The van der Waals surface area contributed by atoms with E-state index in [-0.39, 0.29) is 0 Å². The summed E-state index contributed by atoms with van der Waals surface area (Å²) in [6, 6.07) is 1.85. The lowest BCUT2D eigenvalue weighted by Crippen LogP contribution is -2.37. The molecule has 4 rings (SSSR count). The number of rotatable bonds is 4. The van der Waals surface area contributed by atoms with E-state index in [4.69, 9.17) is 25.8 Å². The van der Waals surface area contributed by atoms with Crippen LogP contribution in [0, 0.1) is 0 Å². The molecule has 2 fully saturated rings. The van der Waals surface area contributed by atoms with Crippen molar-refractivity contribution in [1.29, 1.82) is 0 Å². The van der Waals surface area contributed by atoms with Gasteiger partial charge in [-0.2, -0.15) is 0 Å². The van der Waals surface area contributed by atoms with Crippen molar-refractivity contribution >= 4 is 11.6 Å². The van der Waals surface area contributed by atoms with Gasteiger partial charge in [0.1, 0.15) is 23.1 Å². The standard InChI is InChI=1S/C17H23ClN2O3/c18-15-11-14(22-10-7-20-5-1-2-6-20)13-3-8-23-17(16(13)19-15)4-9-21-12-17/h11H,1-10,12H2/t17-/m0/s1. The first kappa shape index (κ1) is 15.6. The first-order valence-corrected chi connectivity index (χ1v) is 8.91. The van der Waals surface area contributed by atoms with E-state index < -0.39 is 5.60 Å². The number of aromatic nitrogens is 1. The molecule has 0 aromatic carbocycles. The third-order valence-corrected chi connectivity index (χ3v) is 5.26. The summed E-state index contributed by atoms with van der Waals surface area (Å²) in [4.78, 5) is 7.01. The van der Waals surface area contributed by atoms with Crippen LogP contribution < -0.4 is 4.74 Å². The molecule has 0 amide bonds. The molecule has 0 aliphatic carbocycles. The Morgan fingerprint density at radius 1 is 1.30 bits per heavy atom. The highest BCUT2D eigenvalue weighted by Gasteiger charge is 2.44. The number of hydrogen-bond acceptors (Lipinski definition) is 5. The molecule has 3 aliphatic heterocycles. The molecule has 0 radical (unpaired) electrons. The van der Waals surface area contributed by atoms with Crippen LogP contribution in [-0.2, 0) is 21.5 Å². The molecule has 1 spiro atoms. The third-order valence-electron chi connectivity index (χ3n) is 5.06. The van der Waals surface area contributed by atoms with Crippen LogP contribution in [0.5, 0.6) is 5.75 Å². The van der Waals surface area contributed by atoms with Crippen LogP contribution in [0.25, 0.3) is 0 Å². The van der Waals surface area contributed by atoms with Crippen LogP contribution >= 0.6 is 11.6 Å². The summed E-state index contributed by atoms with van der Waals surface area (Å²) < 4.78 is 17.7. The molecule has 1 aromatic heterocycles. The van der Waals surface area contributed by atoms with Gasteiger partial charge >= 0.3 is 0 Å². The summed E-state index contributed by atoms with van der Waals surface area (Å²) in [5, 5.41) is 0.469. The number of likely N-dealkylation sites (tertiary alicyclic amines) is 1. The van der Waals surface area contributed by atoms with Crippen molar-refractivity contribution in [1.82, 2.24) is 9.88 Å². The van der Waals surface area contributed by atoms with E-state index in [1.54, 1.807) is 0 Å². The van der Waals surface area contributed by atoms with E-state index >= 15 is 0 Å². The molecule has 0 unspecified atom stereocenters. The quantitative estimate of drug-likeness (QED) is 0.789. The molecule has 6 heteroatoms. The van der Waals surface area contributed by atoms with Gasteiger partial charge in [0.15, 0.2) is 0 Å². The van der Waals surface area contributed by atoms with Crippen LogP contribution in [0.4, 0.5) is 0 Å². The minimum absolute atomic E-state index is 0.425. The average Bonchev–Trinajstić information content (AvgIpc) is 3.21. The summed E-state index contributed by atoms with van der Waals surface area (Å²) >= 11 is 6.25. The predicted octanol–water partition coefficient (Wildman–Crippen LogP) is 2.40. The van der Waals surface area contributed by atoms with Crippen LogP contribution in [-0.4, -0.2) is 55.9 Å². The van der Waals surface area contributed by atoms with E-state index in [9.17, 15) is 0 Å². The fourth-order valence-corrected chi connectivity index (χ4v) is 4.00.